The zero-order chi connectivity index (χ0) is 35.9. The van der Waals surface area contributed by atoms with Crippen LogP contribution in [0.2, 0.25) is 0 Å². The molecule has 0 bridgehead atoms. The quantitative estimate of drug-likeness (QED) is 0.123. The highest BCUT2D eigenvalue weighted by Crippen LogP contribution is 2.40. The zero-order valence-corrected chi connectivity index (χ0v) is 29.4. The highest BCUT2D eigenvalue weighted by atomic mass is 16.5. The van der Waals surface area contributed by atoms with Gasteiger partial charge in [0.1, 0.15) is 23.3 Å². The molecule has 0 radical (unpaired) electrons. The second-order valence-corrected chi connectivity index (χ2v) is 13.1. The Bertz CT molecular complexity index is 2780. The third-order valence-electron chi connectivity index (χ3n) is 10.0. The van der Waals surface area contributed by atoms with E-state index in [1.165, 1.54) is 10.8 Å². The Hall–Kier alpha value is -6.92. The Balaban J connectivity index is 1.17. The van der Waals surface area contributed by atoms with Gasteiger partial charge in [-0.25, -0.2) is 0 Å². The molecule has 9 rings (SSSR count). The number of methoxy groups -OCH3 is 1. The lowest BCUT2D eigenvalue weighted by molar-refractivity contribution is 0.416. The summed E-state index contributed by atoms with van der Waals surface area (Å²) >= 11 is 0. The molecule has 9 aromatic rings. The van der Waals surface area contributed by atoms with Crippen molar-refractivity contribution in [2.75, 3.05) is 7.11 Å². The Kier molecular flexibility index (Phi) is 8.05. The third-order valence-corrected chi connectivity index (χ3v) is 10.0. The molecule has 6 nitrogen and oxygen atoms in total. The number of nitrogens with one attached hydrogen (secondary N) is 2. The first-order chi connectivity index (χ1) is 26.1. The summed E-state index contributed by atoms with van der Waals surface area (Å²) in [5.41, 5.74) is 10.2. The molecule has 0 fully saturated rings. The third kappa shape index (κ3) is 5.61. The Morgan fingerprint density at radius 2 is 1.23 bits per heavy atom. The second-order valence-electron chi connectivity index (χ2n) is 13.1. The van der Waals surface area contributed by atoms with Crippen molar-refractivity contribution < 1.29 is 9.15 Å². The fourth-order valence-electron chi connectivity index (χ4n) is 7.45. The topological polar surface area (TPSA) is 75.5 Å². The fraction of sp³-hybridized carbons (Fsp3) is 0.0638. The molecular weight excluding hydrogens is 653 g/mol. The summed E-state index contributed by atoms with van der Waals surface area (Å²) in [6, 6.07) is 55.6. The molecule has 1 atom stereocenters. The molecule has 53 heavy (non-hydrogen) atoms. The number of aliphatic imine (C=N–C) groups is 1. The average Bonchev–Trinajstić information content (AvgIpc) is 3.77. The highest BCUT2D eigenvalue weighted by Gasteiger charge is 2.23. The standard InChI is InChI=1S/C47H36N4O2/c1-30(31-14-4-3-5-15-31)49-47(50-46(48)33-28-26-32(27-29-33)34-16-8-11-25-43(34)52-2)39-21-12-19-37-38-20-13-24-42(45(38)53-44(37)39)51-40-22-9-6-17-35(40)36-18-7-10-23-41(36)51/h3-29,47H,1-2H3,(H2,48,50)/b49-30+. The normalized spacial score (nSPS) is 12.5. The van der Waals surface area contributed by atoms with Crippen LogP contribution in [0.25, 0.3) is 60.6 Å². The minimum Gasteiger partial charge on any atom is -0.496 e. The SMILES string of the molecule is COc1ccccc1-c1ccc(C(=N)NC(/N=C(\C)c2ccccc2)c2cccc3c2oc2c(-n4c5ccccc5c5ccccc54)cccc23)cc1. The Morgan fingerprint density at radius 3 is 1.94 bits per heavy atom. The number of amidine groups is 1. The van der Waals surface area contributed by atoms with Gasteiger partial charge in [0.15, 0.2) is 5.58 Å². The number of para-hydroxylation sites is 5. The summed E-state index contributed by atoms with van der Waals surface area (Å²) in [5, 5.41) is 17.1. The average molecular weight is 689 g/mol. The van der Waals surface area contributed by atoms with Gasteiger partial charge in [-0.05, 0) is 42.3 Å². The van der Waals surface area contributed by atoms with Gasteiger partial charge < -0.3 is 19.0 Å². The lowest BCUT2D eigenvalue weighted by Crippen LogP contribution is -2.28. The smallest absolute Gasteiger partial charge is 0.159 e. The molecule has 0 aliphatic rings. The van der Waals surface area contributed by atoms with Crippen LogP contribution >= 0.6 is 0 Å². The number of aromatic nitrogens is 1. The van der Waals surface area contributed by atoms with Crippen molar-refractivity contribution in [1.29, 1.82) is 5.41 Å². The van der Waals surface area contributed by atoms with E-state index in [1.54, 1.807) is 7.11 Å². The van der Waals surface area contributed by atoms with Crippen LogP contribution in [0.4, 0.5) is 0 Å². The van der Waals surface area contributed by atoms with Crippen LogP contribution in [0.5, 0.6) is 5.75 Å². The van der Waals surface area contributed by atoms with Gasteiger partial charge >= 0.3 is 0 Å². The van der Waals surface area contributed by atoms with E-state index in [9.17, 15) is 5.41 Å². The number of hydrogen-bond acceptors (Lipinski definition) is 4. The predicted molar refractivity (Wildman–Crippen MR) is 218 cm³/mol. The maximum atomic E-state index is 9.27. The van der Waals surface area contributed by atoms with Crippen molar-refractivity contribution in [2.45, 2.75) is 13.1 Å². The van der Waals surface area contributed by atoms with Gasteiger partial charge in [0, 0.05) is 43.9 Å². The molecule has 1 unspecified atom stereocenters. The van der Waals surface area contributed by atoms with Gasteiger partial charge in [-0.1, -0.05) is 140 Å². The zero-order valence-electron chi connectivity index (χ0n) is 29.4. The molecule has 0 saturated heterocycles. The molecule has 7 aromatic carbocycles. The Labute approximate surface area is 307 Å². The van der Waals surface area contributed by atoms with E-state index >= 15 is 0 Å². The number of nitrogens with zero attached hydrogens (tertiary/aromatic N) is 2. The van der Waals surface area contributed by atoms with Crippen LogP contribution in [-0.4, -0.2) is 23.2 Å². The molecule has 0 aliphatic carbocycles. The first-order valence-corrected chi connectivity index (χ1v) is 17.7. The van der Waals surface area contributed by atoms with Gasteiger partial charge in [-0.3, -0.25) is 10.4 Å². The first-order valence-electron chi connectivity index (χ1n) is 17.7. The van der Waals surface area contributed by atoms with Crippen LogP contribution in [0.1, 0.15) is 29.8 Å². The van der Waals surface area contributed by atoms with Crippen molar-refractivity contribution in [1.82, 2.24) is 9.88 Å². The van der Waals surface area contributed by atoms with Crippen molar-refractivity contribution in [3.8, 4) is 22.6 Å². The summed E-state index contributed by atoms with van der Waals surface area (Å²) < 4.78 is 14.9. The lowest BCUT2D eigenvalue weighted by atomic mass is 10.0. The maximum absolute atomic E-state index is 9.27. The van der Waals surface area contributed by atoms with Crippen LogP contribution in [0, 0.1) is 5.41 Å². The number of ether oxygens (including phenoxy) is 1. The minimum atomic E-state index is -0.613. The number of fused-ring (bicyclic) bond motifs is 6. The molecule has 0 aliphatic heterocycles. The molecule has 0 spiro atoms. The van der Waals surface area contributed by atoms with E-state index in [4.69, 9.17) is 14.1 Å². The number of hydrogen-bond donors (Lipinski definition) is 2. The van der Waals surface area contributed by atoms with Crippen molar-refractivity contribution >= 4 is 55.3 Å². The van der Waals surface area contributed by atoms with Crippen LogP contribution in [0.15, 0.2) is 173 Å². The summed E-state index contributed by atoms with van der Waals surface area (Å²) in [6.45, 7) is 2.01. The molecule has 2 heterocycles. The van der Waals surface area contributed by atoms with E-state index in [0.717, 1.165) is 77.9 Å². The van der Waals surface area contributed by atoms with E-state index in [2.05, 4.69) is 94.8 Å². The lowest BCUT2D eigenvalue weighted by Gasteiger charge is -2.19. The number of rotatable bonds is 8. The van der Waals surface area contributed by atoms with Gasteiger partial charge in [-0.15, -0.1) is 0 Å². The van der Waals surface area contributed by atoms with Crippen LogP contribution in [-0.2, 0) is 0 Å². The van der Waals surface area contributed by atoms with Crippen LogP contribution in [0.3, 0.4) is 0 Å². The first kappa shape index (κ1) is 32.0. The largest absolute Gasteiger partial charge is 0.496 e. The van der Waals surface area contributed by atoms with Crippen molar-refractivity contribution in [3.63, 3.8) is 0 Å². The van der Waals surface area contributed by atoms with Crippen LogP contribution < -0.4 is 10.1 Å². The summed E-state index contributed by atoms with van der Waals surface area (Å²) in [5.74, 6) is 1.06. The molecule has 2 aromatic heterocycles. The molecular formula is C47H36N4O2. The predicted octanol–water partition coefficient (Wildman–Crippen LogP) is 11.5. The fourth-order valence-corrected chi connectivity index (χ4v) is 7.45. The number of furan rings is 1. The summed E-state index contributed by atoms with van der Waals surface area (Å²) in [4.78, 5) is 5.23. The van der Waals surface area contributed by atoms with Gasteiger partial charge in [0.2, 0.25) is 0 Å². The van der Waals surface area contributed by atoms with E-state index in [1.807, 2.05) is 85.8 Å². The monoisotopic (exact) mass is 688 g/mol. The molecule has 256 valence electrons. The molecule has 6 heteroatoms. The van der Waals surface area contributed by atoms with Crippen molar-refractivity contribution in [3.05, 3.63) is 180 Å². The van der Waals surface area contributed by atoms with E-state index in [-0.39, 0.29) is 5.84 Å². The highest BCUT2D eigenvalue weighted by molar-refractivity contribution is 6.13. The van der Waals surface area contributed by atoms with Gasteiger partial charge in [-0.2, -0.15) is 0 Å². The molecule has 2 N–H and O–H groups in total. The van der Waals surface area contributed by atoms with Gasteiger partial charge in [0.25, 0.3) is 0 Å². The summed E-state index contributed by atoms with van der Waals surface area (Å²) in [7, 11) is 1.68. The molecule has 0 amide bonds. The maximum Gasteiger partial charge on any atom is 0.159 e. The second kappa shape index (κ2) is 13.3. The number of benzene rings is 7. The van der Waals surface area contributed by atoms with E-state index in [0.29, 0.717) is 0 Å². The minimum absolute atomic E-state index is 0.255. The Morgan fingerprint density at radius 1 is 0.623 bits per heavy atom. The van der Waals surface area contributed by atoms with Crippen molar-refractivity contribution in [2.24, 2.45) is 4.99 Å². The molecule has 0 saturated carbocycles. The van der Waals surface area contributed by atoms with E-state index < -0.39 is 6.17 Å². The summed E-state index contributed by atoms with van der Waals surface area (Å²) in [6.07, 6.45) is -0.613. The van der Waals surface area contributed by atoms with Gasteiger partial charge in [0.05, 0.1) is 23.8 Å².